The van der Waals surface area contributed by atoms with E-state index in [4.69, 9.17) is 10.2 Å². The minimum atomic E-state index is -2.62. The summed E-state index contributed by atoms with van der Waals surface area (Å²) in [6.45, 7) is 0. The molecule has 2 aromatic rings. The van der Waals surface area contributed by atoms with Crippen molar-refractivity contribution in [1.29, 1.82) is 0 Å². The third-order valence-electron chi connectivity index (χ3n) is 7.70. The summed E-state index contributed by atoms with van der Waals surface area (Å²) < 4.78 is 5.76. The molecule has 0 radical (unpaired) electrons. The molecule has 39 heavy (non-hydrogen) atoms. The number of phenolic OH excluding ortho intramolecular Hbond substituents is 1. The molecule has 1 heterocycles. The van der Waals surface area contributed by atoms with E-state index in [1.807, 2.05) is 0 Å². The van der Waals surface area contributed by atoms with E-state index in [0.717, 1.165) is 0 Å². The van der Waals surface area contributed by atoms with Crippen LogP contribution in [0, 0.1) is 11.8 Å². The van der Waals surface area contributed by atoms with Gasteiger partial charge in [-0.3, -0.25) is 14.4 Å². The summed E-state index contributed by atoms with van der Waals surface area (Å²) in [6.07, 6.45) is 1.21. The molecule has 3 aliphatic rings. The number of furan rings is 1. The fraction of sp³-hybridized carbons (Fsp3) is 0.333. The number of hydrogen-bond acceptors (Lipinski definition) is 11. The number of aliphatic hydroxyl groups is 3. The van der Waals surface area contributed by atoms with Gasteiger partial charge in [0.15, 0.2) is 11.4 Å². The van der Waals surface area contributed by atoms with E-state index in [0.29, 0.717) is 17.0 Å². The maximum Gasteiger partial charge on any atom is 0.255 e. The zero-order valence-electron chi connectivity index (χ0n) is 21.4. The molecule has 0 aliphatic heterocycles. The first-order valence-electron chi connectivity index (χ1n) is 12.1. The van der Waals surface area contributed by atoms with Gasteiger partial charge in [-0.05, 0) is 42.5 Å². The number of carbonyl (C=O) groups excluding carboxylic acids is 3. The zero-order valence-corrected chi connectivity index (χ0v) is 21.4. The van der Waals surface area contributed by atoms with Gasteiger partial charge in [0, 0.05) is 37.7 Å². The lowest BCUT2D eigenvalue weighted by atomic mass is 9.59. The van der Waals surface area contributed by atoms with Crippen LogP contribution in [0.25, 0.3) is 17.1 Å². The van der Waals surface area contributed by atoms with Crippen LogP contribution in [0.15, 0.2) is 44.7 Å². The minimum absolute atomic E-state index is 0.0214. The highest BCUT2D eigenvalue weighted by molar-refractivity contribution is 6.22. The van der Waals surface area contributed by atoms with Crippen LogP contribution in [0.1, 0.15) is 29.7 Å². The topological polar surface area (TPSA) is 196 Å². The van der Waals surface area contributed by atoms with Crippen LogP contribution in [-0.4, -0.2) is 70.9 Å². The first kappa shape index (κ1) is 26.0. The summed E-state index contributed by atoms with van der Waals surface area (Å²) in [5.41, 5.74) is 2.97. The van der Waals surface area contributed by atoms with E-state index < -0.39 is 52.0 Å². The Bertz CT molecular complexity index is 1530. The number of amides is 1. The van der Waals surface area contributed by atoms with E-state index in [-0.39, 0.29) is 47.5 Å². The molecule has 1 amide bonds. The van der Waals surface area contributed by atoms with Crippen molar-refractivity contribution >= 4 is 35.1 Å². The molecule has 0 saturated heterocycles. The van der Waals surface area contributed by atoms with Crippen LogP contribution >= 0.6 is 0 Å². The van der Waals surface area contributed by atoms with E-state index in [9.17, 15) is 34.8 Å². The zero-order chi connectivity index (χ0) is 28.4. The summed E-state index contributed by atoms with van der Waals surface area (Å²) in [4.78, 5) is 44.5. The first-order valence-corrected chi connectivity index (χ1v) is 12.1. The number of ketones is 2. The largest absolute Gasteiger partial charge is 0.508 e. The summed E-state index contributed by atoms with van der Waals surface area (Å²) in [5.74, 6) is -6.19. The van der Waals surface area contributed by atoms with Crippen molar-refractivity contribution < 1.29 is 44.1 Å². The number of carbonyl (C=O) groups is 3. The maximum absolute atomic E-state index is 13.7. The van der Waals surface area contributed by atoms with Crippen molar-refractivity contribution in [2.24, 2.45) is 22.7 Å². The molecule has 1 aromatic heterocycles. The van der Waals surface area contributed by atoms with Gasteiger partial charge in [0.2, 0.25) is 5.78 Å². The van der Waals surface area contributed by atoms with E-state index in [2.05, 4.69) is 9.99 Å². The molecule has 1 fully saturated rings. The molecule has 1 aromatic carbocycles. The average molecular weight is 538 g/mol. The lowest BCUT2D eigenvalue weighted by molar-refractivity contribution is -0.147. The van der Waals surface area contributed by atoms with Crippen LogP contribution in [0.2, 0.25) is 0 Å². The monoisotopic (exact) mass is 537 g/mol. The number of phenols is 1. The Morgan fingerprint density at radius 3 is 2.59 bits per heavy atom. The smallest absolute Gasteiger partial charge is 0.255 e. The Morgan fingerprint density at radius 2 is 1.95 bits per heavy atom. The van der Waals surface area contributed by atoms with Crippen molar-refractivity contribution in [2.45, 2.75) is 24.9 Å². The van der Waals surface area contributed by atoms with Crippen LogP contribution in [0.3, 0.4) is 0 Å². The van der Waals surface area contributed by atoms with Gasteiger partial charge < -0.3 is 40.3 Å². The summed E-state index contributed by atoms with van der Waals surface area (Å²) in [5, 5.41) is 48.6. The maximum atomic E-state index is 13.7. The molecule has 12 heteroatoms. The standard InChI is InChI=1S/C27H27N3O9/c1-30(2)16-9-15(18-5-4-13(39-18)10-29-38-3)22(32)20-14(16)7-11-6-12-8-17(31)21(26(28)36)25(35)27(12,37)24(34)19(11)23(20)33/h4-5,9-12,32-33,35,37H,6-8H2,1-3H3,(H2,28,36)/b29-10+/t11-,12+,27+/m1/s1. The van der Waals surface area contributed by atoms with E-state index in [1.54, 1.807) is 37.2 Å². The number of benzene rings is 1. The Balaban J connectivity index is 1.71. The molecule has 5 rings (SSSR count). The first-order chi connectivity index (χ1) is 18.4. The molecule has 0 bridgehead atoms. The molecule has 3 aliphatic carbocycles. The van der Waals surface area contributed by atoms with Crippen LogP contribution in [-0.2, 0) is 25.6 Å². The number of hydrogen-bond donors (Lipinski definition) is 5. The van der Waals surface area contributed by atoms with Gasteiger partial charge >= 0.3 is 0 Å². The van der Waals surface area contributed by atoms with Crippen molar-refractivity contribution in [3.63, 3.8) is 0 Å². The van der Waals surface area contributed by atoms with Gasteiger partial charge in [0.1, 0.15) is 47.7 Å². The molecule has 0 spiro atoms. The van der Waals surface area contributed by atoms with Gasteiger partial charge in [-0.25, -0.2) is 0 Å². The number of Topliss-reactive ketones (excluding diaryl/α,β-unsaturated/α-hetero) is 2. The second kappa shape index (κ2) is 9.02. The van der Waals surface area contributed by atoms with E-state index in [1.165, 1.54) is 13.3 Å². The normalized spacial score (nSPS) is 24.5. The number of anilines is 1. The van der Waals surface area contributed by atoms with Crippen molar-refractivity contribution in [3.05, 3.63) is 52.0 Å². The summed E-state index contributed by atoms with van der Waals surface area (Å²) in [6, 6.07) is 4.90. The van der Waals surface area contributed by atoms with Gasteiger partial charge in [-0.2, -0.15) is 0 Å². The molecule has 0 unspecified atom stereocenters. The lowest BCUT2D eigenvalue weighted by Crippen LogP contribution is -2.58. The Morgan fingerprint density at radius 1 is 1.23 bits per heavy atom. The van der Waals surface area contributed by atoms with Gasteiger partial charge in [-0.15, -0.1) is 0 Å². The highest BCUT2D eigenvalue weighted by Gasteiger charge is 2.60. The number of fused-ring (bicyclic) bond motifs is 3. The number of nitrogens with zero attached hydrogens (tertiary/aromatic N) is 2. The molecular weight excluding hydrogens is 510 g/mol. The van der Waals surface area contributed by atoms with E-state index >= 15 is 0 Å². The number of aromatic hydroxyl groups is 1. The SMILES string of the molecule is CO/N=C/c1ccc(-c2cc(N(C)C)c3c(c2O)C(O)=C2C(=O)[C@]4(O)C(O)=C(C(N)=O)C(=O)C[C@@H]4C[C@@H]2C3)o1. The number of rotatable bonds is 5. The molecule has 204 valence electrons. The summed E-state index contributed by atoms with van der Waals surface area (Å²) >= 11 is 0. The average Bonchev–Trinajstić information content (AvgIpc) is 3.33. The fourth-order valence-electron chi connectivity index (χ4n) is 5.93. The Hall–Kier alpha value is -4.58. The minimum Gasteiger partial charge on any atom is -0.508 e. The molecule has 12 nitrogen and oxygen atoms in total. The highest BCUT2D eigenvalue weighted by Crippen LogP contribution is 2.54. The second-order valence-electron chi connectivity index (χ2n) is 10.1. The third kappa shape index (κ3) is 3.70. The van der Waals surface area contributed by atoms with Crippen molar-refractivity contribution in [3.8, 4) is 17.1 Å². The Kier molecular flexibility index (Phi) is 6.02. The molecular formula is C27H27N3O9. The van der Waals surface area contributed by atoms with Crippen LogP contribution in [0.5, 0.6) is 5.75 Å². The molecule has 1 saturated carbocycles. The number of primary amides is 1. The van der Waals surface area contributed by atoms with Gasteiger partial charge in [-0.1, -0.05) is 5.16 Å². The van der Waals surface area contributed by atoms with Crippen LogP contribution < -0.4 is 10.6 Å². The van der Waals surface area contributed by atoms with Crippen LogP contribution in [0.4, 0.5) is 5.69 Å². The Labute approximate surface area is 222 Å². The predicted molar refractivity (Wildman–Crippen MR) is 138 cm³/mol. The lowest BCUT2D eigenvalue weighted by Gasteiger charge is -2.46. The molecule has 6 N–H and O–H groups in total. The molecule has 3 atom stereocenters. The quantitative estimate of drug-likeness (QED) is 0.213. The fourth-order valence-corrected chi connectivity index (χ4v) is 5.93. The van der Waals surface area contributed by atoms with Gasteiger partial charge in [0.25, 0.3) is 5.91 Å². The summed E-state index contributed by atoms with van der Waals surface area (Å²) in [7, 11) is 4.94. The number of oxime groups is 1. The number of aliphatic hydroxyl groups excluding tert-OH is 2. The third-order valence-corrected chi connectivity index (χ3v) is 7.70. The van der Waals surface area contributed by atoms with Crippen molar-refractivity contribution in [2.75, 3.05) is 26.1 Å². The predicted octanol–water partition coefficient (Wildman–Crippen LogP) is 1.73. The van der Waals surface area contributed by atoms with Crippen molar-refractivity contribution in [1.82, 2.24) is 0 Å². The number of nitrogens with two attached hydrogens (primary N) is 1. The highest BCUT2D eigenvalue weighted by atomic mass is 16.6. The van der Waals surface area contributed by atoms with Gasteiger partial charge in [0.05, 0.1) is 11.1 Å². The second-order valence-corrected chi connectivity index (χ2v) is 10.1.